The molecule has 2 unspecified atom stereocenters. The number of hydrogen-bond acceptors (Lipinski definition) is 5. The second-order valence-corrected chi connectivity index (χ2v) is 8.42. The van der Waals surface area contributed by atoms with Gasteiger partial charge in [-0.15, -0.1) is 11.8 Å². The molecule has 2 aromatic carbocycles. The van der Waals surface area contributed by atoms with E-state index in [1.807, 2.05) is 37.3 Å². The maximum Gasteiger partial charge on any atom is 0.321 e. The summed E-state index contributed by atoms with van der Waals surface area (Å²) in [5, 5.41) is 12.2. The fourth-order valence-electron chi connectivity index (χ4n) is 2.87. The summed E-state index contributed by atoms with van der Waals surface area (Å²) in [6, 6.07) is 11.4. The van der Waals surface area contributed by atoms with E-state index in [1.165, 1.54) is 5.56 Å². The number of halogens is 1. The first-order valence-electron chi connectivity index (χ1n) is 8.67. The highest BCUT2D eigenvalue weighted by Gasteiger charge is 2.30. The molecule has 1 heterocycles. The molecular formula is C20H22BrNO4S. The number of nitrogens with one attached hydrogen (secondary N) is 1. The quantitative estimate of drug-likeness (QED) is 0.611. The van der Waals surface area contributed by atoms with E-state index in [2.05, 4.69) is 34.2 Å². The molecule has 1 saturated heterocycles. The Morgan fingerprint density at radius 1 is 1.19 bits per heavy atom. The zero-order valence-corrected chi connectivity index (χ0v) is 17.6. The van der Waals surface area contributed by atoms with Gasteiger partial charge in [0.15, 0.2) is 0 Å². The predicted octanol–water partition coefficient (Wildman–Crippen LogP) is 4.31. The van der Waals surface area contributed by atoms with Crippen molar-refractivity contribution < 1.29 is 19.4 Å². The van der Waals surface area contributed by atoms with Crippen molar-refractivity contribution in [2.75, 3.05) is 19.0 Å². The minimum absolute atomic E-state index is 0.0238. The molecule has 2 aromatic rings. The zero-order chi connectivity index (χ0) is 19.4. The van der Waals surface area contributed by atoms with Gasteiger partial charge in [-0.2, -0.15) is 0 Å². The van der Waals surface area contributed by atoms with Gasteiger partial charge in [0.1, 0.15) is 30.8 Å². The number of benzene rings is 2. The van der Waals surface area contributed by atoms with Gasteiger partial charge in [-0.1, -0.05) is 23.8 Å². The molecule has 3 rings (SSSR count). The van der Waals surface area contributed by atoms with Crippen LogP contribution in [0.25, 0.3) is 0 Å². The van der Waals surface area contributed by atoms with Crippen molar-refractivity contribution in [1.82, 2.24) is 5.32 Å². The summed E-state index contributed by atoms with van der Waals surface area (Å²) in [6.07, 6.45) is 0. The molecule has 144 valence electrons. The van der Waals surface area contributed by atoms with Gasteiger partial charge in [-0.25, -0.2) is 0 Å². The van der Waals surface area contributed by atoms with E-state index < -0.39 is 12.0 Å². The number of carbonyl (C=O) groups is 1. The van der Waals surface area contributed by atoms with Crippen LogP contribution in [-0.4, -0.2) is 36.1 Å². The molecule has 0 bridgehead atoms. The molecule has 0 aromatic heterocycles. The van der Waals surface area contributed by atoms with Crippen LogP contribution in [0.4, 0.5) is 0 Å². The van der Waals surface area contributed by atoms with Crippen LogP contribution in [0.1, 0.15) is 22.1 Å². The number of carboxylic acids is 1. The van der Waals surface area contributed by atoms with Crippen LogP contribution in [0.15, 0.2) is 40.9 Å². The lowest BCUT2D eigenvalue weighted by atomic mass is 10.1. The van der Waals surface area contributed by atoms with Crippen LogP contribution < -0.4 is 14.8 Å². The van der Waals surface area contributed by atoms with Crippen LogP contribution in [0, 0.1) is 13.8 Å². The molecule has 7 heteroatoms. The van der Waals surface area contributed by atoms with E-state index in [0.717, 1.165) is 27.1 Å². The monoisotopic (exact) mass is 451 g/mol. The third kappa shape index (κ3) is 5.18. The summed E-state index contributed by atoms with van der Waals surface area (Å²) in [5.41, 5.74) is 3.35. The van der Waals surface area contributed by atoms with Gasteiger partial charge in [0.25, 0.3) is 0 Å². The topological polar surface area (TPSA) is 67.8 Å². The lowest BCUT2D eigenvalue weighted by molar-refractivity contribution is -0.138. The second kappa shape index (κ2) is 8.99. The molecule has 0 radical (unpaired) electrons. The molecule has 2 atom stereocenters. The zero-order valence-electron chi connectivity index (χ0n) is 15.2. The standard InChI is InChI=1S/C20H22BrNO4S/c1-12-3-5-17(13(2)9-12)25-7-8-26-18-6-4-14(10-15(18)21)19-22-16(11-27-19)20(23)24/h3-6,9-10,16,19,22H,7-8,11H2,1-2H3,(H,23,24). The van der Waals surface area contributed by atoms with Crippen molar-refractivity contribution in [3.63, 3.8) is 0 Å². The van der Waals surface area contributed by atoms with Crippen molar-refractivity contribution >= 4 is 33.7 Å². The Bertz CT molecular complexity index is 830. The van der Waals surface area contributed by atoms with Crippen molar-refractivity contribution in [3.8, 4) is 11.5 Å². The number of carboxylic acid groups (broad SMARTS) is 1. The molecule has 1 aliphatic rings. The maximum absolute atomic E-state index is 11.1. The lowest BCUT2D eigenvalue weighted by Gasteiger charge is -2.15. The van der Waals surface area contributed by atoms with E-state index in [9.17, 15) is 4.79 Å². The number of aliphatic carboxylic acids is 1. The van der Waals surface area contributed by atoms with Gasteiger partial charge in [0, 0.05) is 5.75 Å². The number of hydrogen-bond donors (Lipinski definition) is 2. The van der Waals surface area contributed by atoms with E-state index in [1.54, 1.807) is 11.8 Å². The highest BCUT2D eigenvalue weighted by molar-refractivity contribution is 9.10. The first kappa shape index (κ1) is 20.0. The molecule has 2 N–H and O–H groups in total. The van der Waals surface area contributed by atoms with Crippen LogP contribution in [-0.2, 0) is 4.79 Å². The lowest BCUT2D eigenvalue weighted by Crippen LogP contribution is -2.33. The van der Waals surface area contributed by atoms with Crippen LogP contribution in [0.5, 0.6) is 11.5 Å². The summed E-state index contributed by atoms with van der Waals surface area (Å²) in [6.45, 7) is 4.98. The van der Waals surface area contributed by atoms with Gasteiger partial charge >= 0.3 is 5.97 Å². The molecular weight excluding hydrogens is 430 g/mol. The molecule has 0 amide bonds. The maximum atomic E-state index is 11.1. The molecule has 0 spiro atoms. The molecule has 27 heavy (non-hydrogen) atoms. The van der Waals surface area contributed by atoms with Crippen LogP contribution in [0.2, 0.25) is 0 Å². The smallest absolute Gasteiger partial charge is 0.321 e. The largest absolute Gasteiger partial charge is 0.490 e. The molecule has 1 fully saturated rings. The summed E-state index contributed by atoms with van der Waals surface area (Å²) in [5.74, 6) is 1.36. The summed E-state index contributed by atoms with van der Waals surface area (Å²) < 4.78 is 12.4. The molecule has 5 nitrogen and oxygen atoms in total. The fourth-order valence-corrected chi connectivity index (χ4v) is 4.60. The second-order valence-electron chi connectivity index (χ2n) is 6.43. The SMILES string of the molecule is Cc1ccc(OCCOc2ccc(C3NC(C(=O)O)CS3)cc2Br)c(C)c1. The van der Waals surface area contributed by atoms with Gasteiger partial charge in [-0.05, 0) is 59.1 Å². The number of rotatable bonds is 7. The molecule has 0 saturated carbocycles. The Hall–Kier alpha value is -1.70. The van der Waals surface area contributed by atoms with Crippen molar-refractivity contribution in [3.05, 3.63) is 57.6 Å². The average molecular weight is 452 g/mol. The van der Waals surface area contributed by atoms with Crippen LogP contribution >= 0.6 is 27.7 Å². The van der Waals surface area contributed by atoms with Crippen molar-refractivity contribution in [2.45, 2.75) is 25.3 Å². The van der Waals surface area contributed by atoms with Crippen LogP contribution in [0.3, 0.4) is 0 Å². The van der Waals surface area contributed by atoms with Gasteiger partial charge in [0.2, 0.25) is 0 Å². The first-order chi connectivity index (χ1) is 12.9. The highest BCUT2D eigenvalue weighted by Crippen LogP contribution is 2.36. The molecule has 1 aliphatic heterocycles. The average Bonchev–Trinajstić information content (AvgIpc) is 3.11. The molecule has 0 aliphatic carbocycles. The van der Waals surface area contributed by atoms with E-state index >= 15 is 0 Å². The fraction of sp³-hybridized carbons (Fsp3) is 0.350. The minimum Gasteiger partial charge on any atom is -0.490 e. The summed E-state index contributed by atoms with van der Waals surface area (Å²) in [7, 11) is 0. The van der Waals surface area contributed by atoms with Crippen molar-refractivity contribution in [1.29, 1.82) is 0 Å². The summed E-state index contributed by atoms with van der Waals surface area (Å²) >= 11 is 5.13. The van der Waals surface area contributed by atoms with E-state index in [4.69, 9.17) is 14.6 Å². The third-order valence-electron chi connectivity index (χ3n) is 4.27. The Morgan fingerprint density at radius 3 is 2.52 bits per heavy atom. The van der Waals surface area contributed by atoms with Gasteiger partial charge in [0.05, 0.1) is 9.85 Å². The third-order valence-corrected chi connectivity index (χ3v) is 6.15. The van der Waals surface area contributed by atoms with E-state index in [0.29, 0.717) is 19.0 Å². The highest BCUT2D eigenvalue weighted by atomic mass is 79.9. The first-order valence-corrected chi connectivity index (χ1v) is 10.5. The predicted molar refractivity (Wildman–Crippen MR) is 111 cm³/mol. The van der Waals surface area contributed by atoms with Gasteiger partial charge in [-0.3, -0.25) is 10.1 Å². The number of ether oxygens (including phenoxy) is 2. The Balaban J connectivity index is 1.52. The Labute approximate surface area is 171 Å². The normalized spacial score (nSPS) is 19.1. The Morgan fingerprint density at radius 2 is 1.89 bits per heavy atom. The van der Waals surface area contributed by atoms with Gasteiger partial charge < -0.3 is 14.6 Å². The number of thioether (sulfide) groups is 1. The Kier molecular flexibility index (Phi) is 6.68. The van der Waals surface area contributed by atoms with Crippen molar-refractivity contribution in [2.24, 2.45) is 0 Å². The van der Waals surface area contributed by atoms with E-state index in [-0.39, 0.29) is 5.37 Å². The minimum atomic E-state index is -0.812. The summed E-state index contributed by atoms with van der Waals surface area (Å²) in [4.78, 5) is 11.1. The number of aryl methyl sites for hydroxylation is 2.